The number of carbonyl (C=O) groups is 1. The van der Waals surface area contributed by atoms with Crippen molar-refractivity contribution in [1.29, 1.82) is 0 Å². The number of nitrogens with one attached hydrogen (secondary N) is 1. The SMILES string of the molecule is C[C@@H]1CN(c2cc(F)c(F)c(F)c2)CCN1C(=O)NCC[C@H]1CCN(Cc2ccccc2)C1. The lowest BCUT2D eigenvalue weighted by Gasteiger charge is -2.41. The molecule has 2 saturated heterocycles. The number of likely N-dealkylation sites (tertiary alicyclic amines) is 1. The van der Waals surface area contributed by atoms with E-state index in [0.29, 0.717) is 37.8 Å². The Kier molecular flexibility index (Phi) is 7.42. The summed E-state index contributed by atoms with van der Waals surface area (Å²) in [5, 5.41) is 3.03. The molecular weight excluding hydrogens is 429 g/mol. The van der Waals surface area contributed by atoms with Gasteiger partial charge in [-0.1, -0.05) is 30.3 Å². The number of nitrogens with zero attached hydrogens (tertiary/aromatic N) is 3. The van der Waals surface area contributed by atoms with Crippen LogP contribution in [0.4, 0.5) is 23.7 Å². The Bertz CT molecular complexity index is 935. The van der Waals surface area contributed by atoms with Crippen molar-refractivity contribution in [2.75, 3.05) is 44.2 Å². The van der Waals surface area contributed by atoms with Crippen molar-refractivity contribution < 1.29 is 18.0 Å². The van der Waals surface area contributed by atoms with Crippen LogP contribution in [0.3, 0.4) is 0 Å². The fourth-order valence-corrected chi connectivity index (χ4v) is 4.84. The first-order valence-electron chi connectivity index (χ1n) is 11.6. The molecule has 0 unspecified atom stereocenters. The third-order valence-corrected chi connectivity index (χ3v) is 6.67. The molecule has 2 amide bonds. The molecule has 1 N–H and O–H groups in total. The molecule has 0 aliphatic carbocycles. The summed E-state index contributed by atoms with van der Waals surface area (Å²) in [5.41, 5.74) is 1.62. The monoisotopic (exact) mass is 460 g/mol. The van der Waals surface area contributed by atoms with E-state index in [2.05, 4.69) is 34.5 Å². The molecule has 178 valence electrons. The first-order chi connectivity index (χ1) is 15.9. The average molecular weight is 461 g/mol. The molecule has 4 rings (SSSR count). The number of rotatable bonds is 6. The summed E-state index contributed by atoms with van der Waals surface area (Å²) in [6, 6.07) is 12.2. The molecule has 0 radical (unpaired) electrons. The fourth-order valence-electron chi connectivity index (χ4n) is 4.84. The normalized spacial score (nSPS) is 21.5. The summed E-state index contributed by atoms with van der Waals surface area (Å²) in [4.78, 5) is 18.7. The Labute approximate surface area is 193 Å². The van der Waals surface area contributed by atoms with E-state index in [1.165, 1.54) is 5.56 Å². The van der Waals surface area contributed by atoms with Gasteiger partial charge in [-0.2, -0.15) is 0 Å². The van der Waals surface area contributed by atoms with Crippen molar-refractivity contribution in [3.05, 3.63) is 65.5 Å². The Balaban J connectivity index is 1.20. The van der Waals surface area contributed by atoms with E-state index in [1.54, 1.807) is 9.80 Å². The summed E-state index contributed by atoms with van der Waals surface area (Å²) in [7, 11) is 0. The molecule has 5 nitrogen and oxygen atoms in total. The minimum Gasteiger partial charge on any atom is -0.368 e. The number of carbonyl (C=O) groups excluding carboxylic acids is 1. The van der Waals surface area contributed by atoms with E-state index >= 15 is 0 Å². The quantitative estimate of drug-likeness (QED) is 0.656. The minimum atomic E-state index is -1.46. The number of amides is 2. The number of piperazine rings is 1. The summed E-state index contributed by atoms with van der Waals surface area (Å²) in [6.07, 6.45) is 2.09. The van der Waals surface area contributed by atoms with Gasteiger partial charge >= 0.3 is 6.03 Å². The topological polar surface area (TPSA) is 38.8 Å². The van der Waals surface area contributed by atoms with Gasteiger partial charge in [-0.15, -0.1) is 0 Å². The van der Waals surface area contributed by atoms with Crippen LogP contribution >= 0.6 is 0 Å². The molecule has 0 aromatic heterocycles. The van der Waals surface area contributed by atoms with Gasteiger partial charge in [0, 0.05) is 63.1 Å². The lowest BCUT2D eigenvalue weighted by molar-refractivity contribution is 0.171. The minimum absolute atomic E-state index is 0.113. The Morgan fingerprint density at radius 2 is 1.76 bits per heavy atom. The second kappa shape index (κ2) is 10.5. The van der Waals surface area contributed by atoms with E-state index in [0.717, 1.165) is 44.6 Å². The Morgan fingerprint density at radius 3 is 2.45 bits per heavy atom. The number of urea groups is 1. The molecule has 0 spiro atoms. The van der Waals surface area contributed by atoms with Crippen molar-refractivity contribution in [3.8, 4) is 0 Å². The van der Waals surface area contributed by atoms with Crippen LogP contribution in [0.5, 0.6) is 0 Å². The highest BCUT2D eigenvalue weighted by Crippen LogP contribution is 2.24. The second-order valence-electron chi connectivity index (χ2n) is 9.11. The van der Waals surface area contributed by atoms with Crippen LogP contribution in [0.1, 0.15) is 25.3 Å². The predicted molar refractivity (Wildman–Crippen MR) is 123 cm³/mol. The zero-order valence-electron chi connectivity index (χ0n) is 18.9. The molecule has 8 heteroatoms. The molecule has 2 heterocycles. The fraction of sp³-hybridized carbons (Fsp3) is 0.480. The highest BCUT2D eigenvalue weighted by atomic mass is 19.2. The maximum absolute atomic E-state index is 13.6. The third kappa shape index (κ3) is 5.79. The highest BCUT2D eigenvalue weighted by molar-refractivity contribution is 5.75. The number of hydrogen-bond acceptors (Lipinski definition) is 3. The summed E-state index contributed by atoms with van der Waals surface area (Å²) in [5.74, 6) is -3.29. The van der Waals surface area contributed by atoms with Crippen molar-refractivity contribution in [3.63, 3.8) is 0 Å². The Hall–Kier alpha value is -2.74. The van der Waals surface area contributed by atoms with Gasteiger partial charge in [-0.3, -0.25) is 4.90 Å². The van der Waals surface area contributed by atoms with Crippen LogP contribution in [-0.2, 0) is 6.54 Å². The number of halogens is 3. The lowest BCUT2D eigenvalue weighted by atomic mass is 10.1. The summed E-state index contributed by atoms with van der Waals surface area (Å²) in [6.45, 7) is 6.91. The van der Waals surface area contributed by atoms with Gasteiger partial charge < -0.3 is 15.1 Å². The summed E-state index contributed by atoms with van der Waals surface area (Å²) >= 11 is 0. The maximum atomic E-state index is 13.6. The van der Waals surface area contributed by atoms with E-state index < -0.39 is 17.5 Å². The number of hydrogen-bond donors (Lipinski definition) is 1. The summed E-state index contributed by atoms with van der Waals surface area (Å²) < 4.78 is 40.4. The van der Waals surface area contributed by atoms with Gasteiger partial charge in [0.15, 0.2) is 17.5 Å². The van der Waals surface area contributed by atoms with E-state index in [4.69, 9.17) is 0 Å². The van der Waals surface area contributed by atoms with Gasteiger partial charge in [0.1, 0.15) is 0 Å². The number of anilines is 1. The van der Waals surface area contributed by atoms with Gasteiger partial charge in [-0.05, 0) is 37.8 Å². The largest absolute Gasteiger partial charge is 0.368 e. The lowest BCUT2D eigenvalue weighted by Crippen LogP contribution is -2.56. The maximum Gasteiger partial charge on any atom is 0.317 e. The average Bonchev–Trinajstić information content (AvgIpc) is 3.24. The van der Waals surface area contributed by atoms with Crippen molar-refractivity contribution in [2.45, 2.75) is 32.4 Å². The first-order valence-corrected chi connectivity index (χ1v) is 11.6. The van der Waals surface area contributed by atoms with Crippen LogP contribution in [0.2, 0.25) is 0 Å². The van der Waals surface area contributed by atoms with E-state index in [-0.39, 0.29) is 12.1 Å². The van der Waals surface area contributed by atoms with Crippen LogP contribution in [0, 0.1) is 23.4 Å². The highest BCUT2D eigenvalue weighted by Gasteiger charge is 2.29. The molecule has 33 heavy (non-hydrogen) atoms. The molecule has 2 aliphatic heterocycles. The third-order valence-electron chi connectivity index (χ3n) is 6.67. The van der Waals surface area contributed by atoms with Gasteiger partial charge in [0.2, 0.25) is 0 Å². The van der Waals surface area contributed by atoms with Crippen molar-refractivity contribution >= 4 is 11.7 Å². The molecule has 2 aliphatic rings. The van der Waals surface area contributed by atoms with Crippen LogP contribution < -0.4 is 10.2 Å². The molecule has 2 atom stereocenters. The zero-order valence-corrected chi connectivity index (χ0v) is 18.9. The molecule has 0 bridgehead atoms. The van der Waals surface area contributed by atoms with Crippen molar-refractivity contribution in [2.24, 2.45) is 5.92 Å². The molecule has 2 aromatic carbocycles. The molecular formula is C25H31F3N4O. The van der Waals surface area contributed by atoms with Gasteiger partial charge in [0.25, 0.3) is 0 Å². The van der Waals surface area contributed by atoms with Gasteiger partial charge in [-0.25, -0.2) is 18.0 Å². The predicted octanol–water partition coefficient (Wildman–Crippen LogP) is 4.24. The molecule has 2 aromatic rings. The smallest absolute Gasteiger partial charge is 0.317 e. The van der Waals surface area contributed by atoms with Gasteiger partial charge in [0.05, 0.1) is 0 Å². The molecule has 0 saturated carbocycles. The second-order valence-corrected chi connectivity index (χ2v) is 9.11. The van der Waals surface area contributed by atoms with Crippen LogP contribution in [0.25, 0.3) is 0 Å². The van der Waals surface area contributed by atoms with E-state index in [9.17, 15) is 18.0 Å². The zero-order chi connectivity index (χ0) is 23.4. The standard InChI is InChI=1S/C25H31F3N4O/c1-18-15-31(21-13-22(26)24(28)23(27)14-21)11-12-32(18)25(33)29-9-7-20-8-10-30(17-20)16-19-5-3-2-4-6-19/h2-6,13-14,18,20H,7-12,15-17H2,1H3,(H,29,33)/t18-,20+/m1/s1. The molecule has 2 fully saturated rings. The first kappa shape index (κ1) is 23.4. The van der Waals surface area contributed by atoms with Crippen LogP contribution in [0.15, 0.2) is 42.5 Å². The Morgan fingerprint density at radius 1 is 1.03 bits per heavy atom. The van der Waals surface area contributed by atoms with Crippen molar-refractivity contribution in [1.82, 2.24) is 15.1 Å². The van der Waals surface area contributed by atoms with E-state index in [1.807, 2.05) is 13.0 Å². The van der Waals surface area contributed by atoms with Crippen LogP contribution in [-0.4, -0.2) is 61.1 Å². The number of benzene rings is 2.